The van der Waals surface area contributed by atoms with Crippen molar-refractivity contribution < 1.29 is 14.4 Å². The maximum absolute atomic E-state index is 13.1. The van der Waals surface area contributed by atoms with Crippen molar-refractivity contribution in [2.24, 2.45) is 10.7 Å². The molecule has 0 aromatic heterocycles. The van der Waals surface area contributed by atoms with Gasteiger partial charge in [-0.2, -0.15) is 0 Å². The van der Waals surface area contributed by atoms with Crippen LogP contribution in [-0.2, 0) is 16.0 Å². The van der Waals surface area contributed by atoms with Gasteiger partial charge in [0.15, 0.2) is 12.2 Å². The lowest BCUT2D eigenvalue weighted by Crippen LogP contribution is -2.65. The zero-order chi connectivity index (χ0) is 20.9. The number of carbonyl (C=O) groups is 3. The monoisotopic (exact) mass is 396 g/mol. The number of amides is 4. The minimum atomic E-state index is -0.730. The Labute approximate surface area is 169 Å². The molecule has 4 rings (SSSR count). The van der Waals surface area contributed by atoms with Crippen LogP contribution in [0.2, 0.25) is 0 Å². The van der Waals surface area contributed by atoms with Gasteiger partial charge in [-0.05, 0) is 25.8 Å². The van der Waals surface area contributed by atoms with Gasteiger partial charge in [-0.1, -0.05) is 30.3 Å². The van der Waals surface area contributed by atoms with Gasteiger partial charge in [0, 0.05) is 25.0 Å². The number of primary amides is 1. The molecule has 0 bridgehead atoms. The molecule has 3 heterocycles. The molecular formula is C20H24N6O3. The van der Waals surface area contributed by atoms with E-state index in [1.54, 1.807) is 7.05 Å². The van der Waals surface area contributed by atoms with Gasteiger partial charge in [0.05, 0.1) is 0 Å². The summed E-state index contributed by atoms with van der Waals surface area (Å²) < 4.78 is 0. The largest absolute Gasteiger partial charge is 0.368 e. The summed E-state index contributed by atoms with van der Waals surface area (Å²) in [4.78, 5) is 48.1. The highest BCUT2D eigenvalue weighted by Gasteiger charge is 2.55. The Balaban J connectivity index is 1.62. The summed E-state index contributed by atoms with van der Waals surface area (Å²) in [6, 6.07) is 8.90. The smallest absolute Gasteiger partial charge is 0.328 e. The summed E-state index contributed by atoms with van der Waals surface area (Å²) in [6.45, 7) is 4.21. The number of benzene rings is 1. The van der Waals surface area contributed by atoms with Crippen LogP contribution >= 0.6 is 0 Å². The Morgan fingerprint density at radius 2 is 1.79 bits per heavy atom. The molecule has 4 amide bonds. The SMILES string of the molecule is CC1=C(C)N2C(=NC3C2C(=O)N(CC(N)=O)C(=O)N3C)N1CCc1ccccc1. The van der Waals surface area contributed by atoms with Gasteiger partial charge in [-0.15, -0.1) is 0 Å². The third kappa shape index (κ3) is 2.93. The quantitative estimate of drug-likeness (QED) is 0.783. The second kappa shape index (κ2) is 6.91. The lowest BCUT2D eigenvalue weighted by atomic mass is 10.1. The molecule has 9 heteroatoms. The first-order valence-electron chi connectivity index (χ1n) is 9.53. The van der Waals surface area contributed by atoms with Crippen LogP contribution in [0.1, 0.15) is 19.4 Å². The summed E-state index contributed by atoms with van der Waals surface area (Å²) >= 11 is 0. The number of hydrogen-bond acceptors (Lipinski definition) is 6. The van der Waals surface area contributed by atoms with Crippen molar-refractivity contribution in [2.75, 3.05) is 20.1 Å². The van der Waals surface area contributed by atoms with Crippen LogP contribution in [0.15, 0.2) is 46.7 Å². The summed E-state index contributed by atoms with van der Waals surface area (Å²) in [5, 5.41) is 0. The van der Waals surface area contributed by atoms with Crippen LogP contribution in [0.3, 0.4) is 0 Å². The minimum Gasteiger partial charge on any atom is -0.368 e. The number of imide groups is 1. The van der Waals surface area contributed by atoms with Gasteiger partial charge in [0.2, 0.25) is 11.9 Å². The van der Waals surface area contributed by atoms with E-state index in [1.165, 1.54) is 10.5 Å². The number of aliphatic imine (C=N–C) groups is 1. The van der Waals surface area contributed by atoms with Crippen LogP contribution in [0.5, 0.6) is 0 Å². The lowest BCUT2D eigenvalue weighted by molar-refractivity contribution is -0.139. The third-order valence-corrected chi connectivity index (χ3v) is 5.78. The molecular weight excluding hydrogens is 372 g/mol. The molecule has 0 radical (unpaired) electrons. The highest BCUT2D eigenvalue weighted by Crippen LogP contribution is 2.37. The standard InChI is InChI=1S/C20H24N6O3/c1-12-13(2)26-16-17(23(3)20(29)25(18(16)28)11-15(21)27)22-19(26)24(12)10-9-14-7-5-4-6-8-14/h4-8,16-17H,9-11H2,1-3H3,(H2,21,27). The van der Waals surface area contributed by atoms with E-state index in [9.17, 15) is 14.4 Å². The highest BCUT2D eigenvalue weighted by molar-refractivity contribution is 6.06. The van der Waals surface area contributed by atoms with Crippen LogP contribution in [0.25, 0.3) is 0 Å². The van der Waals surface area contributed by atoms with Gasteiger partial charge < -0.3 is 15.5 Å². The number of nitrogens with zero attached hydrogens (tertiary/aromatic N) is 5. The topological polar surface area (TPSA) is 103 Å². The van der Waals surface area contributed by atoms with Gasteiger partial charge in [-0.3, -0.25) is 19.4 Å². The predicted molar refractivity (Wildman–Crippen MR) is 106 cm³/mol. The van der Waals surface area contributed by atoms with E-state index in [2.05, 4.69) is 17.0 Å². The van der Waals surface area contributed by atoms with E-state index in [0.717, 1.165) is 22.7 Å². The van der Waals surface area contributed by atoms with Gasteiger partial charge in [-0.25, -0.2) is 9.79 Å². The van der Waals surface area contributed by atoms with Crippen molar-refractivity contribution in [3.63, 3.8) is 0 Å². The van der Waals surface area contributed by atoms with E-state index in [4.69, 9.17) is 10.7 Å². The first-order valence-corrected chi connectivity index (χ1v) is 9.53. The highest BCUT2D eigenvalue weighted by atomic mass is 16.2. The molecule has 2 N–H and O–H groups in total. The molecule has 2 atom stereocenters. The van der Waals surface area contributed by atoms with Crippen molar-refractivity contribution in [3.8, 4) is 0 Å². The number of hydrogen-bond donors (Lipinski definition) is 1. The lowest BCUT2D eigenvalue weighted by Gasteiger charge is -2.40. The number of urea groups is 1. The second-order valence-corrected chi connectivity index (χ2v) is 7.50. The molecule has 3 aliphatic rings. The second-order valence-electron chi connectivity index (χ2n) is 7.50. The third-order valence-electron chi connectivity index (χ3n) is 5.78. The minimum absolute atomic E-state index is 0.437. The molecule has 3 aliphatic heterocycles. The van der Waals surface area contributed by atoms with Crippen LogP contribution in [-0.4, -0.2) is 75.7 Å². The molecule has 1 aromatic rings. The maximum atomic E-state index is 13.1. The van der Waals surface area contributed by atoms with E-state index < -0.39 is 36.6 Å². The van der Waals surface area contributed by atoms with Crippen LogP contribution in [0, 0.1) is 0 Å². The Morgan fingerprint density at radius 3 is 2.45 bits per heavy atom. The van der Waals surface area contributed by atoms with Crippen molar-refractivity contribution >= 4 is 23.8 Å². The van der Waals surface area contributed by atoms with E-state index in [0.29, 0.717) is 12.5 Å². The van der Waals surface area contributed by atoms with E-state index in [-0.39, 0.29) is 0 Å². The van der Waals surface area contributed by atoms with E-state index in [1.807, 2.05) is 36.9 Å². The summed E-state index contributed by atoms with van der Waals surface area (Å²) in [5.74, 6) is -0.514. The van der Waals surface area contributed by atoms with Crippen molar-refractivity contribution in [1.82, 2.24) is 19.6 Å². The number of rotatable bonds is 5. The summed E-state index contributed by atoms with van der Waals surface area (Å²) in [7, 11) is 1.59. The predicted octanol–water partition coefficient (Wildman–Crippen LogP) is 0.542. The molecule has 1 fully saturated rings. The van der Waals surface area contributed by atoms with Crippen LogP contribution in [0.4, 0.5) is 4.79 Å². The number of nitrogens with two attached hydrogens (primary N) is 1. The number of likely N-dealkylation sites (N-methyl/N-ethyl adjacent to an activating group) is 1. The molecule has 1 aromatic carbocycles. The number of fused-ring (bicyclic) bond motifs is 3. The van der Waals surface area contributed by atoms with Gasteiger partial charge in [0.1, 0.15) is 6.54 Å². The van der Waals surface area contributed by atoms with Gasteiger partial charge in [0.25, 0.3) is 5.91 Å². The molecule has 0 aliphatic carbocycles. The number of guanidine groups is 1. The fourth-order valence-corrected chi connectivity index (χ4v) is 4.14. The summed E-state index contributed by atoms with van der Waals surface area (Å²) in [5.41, 5.74) is 8.39. The zero-order valence-electron chi connectivity index (χ0n) is 16.7. The van der Waals surface area contributed by atoms with Crippen molar-refractivity contribution in [3.05, 3.63) is 47.3 Å². The number of carbonyl (C=O) groups excluding carboxylic acids is 3. The average Bonchev–Trinajstić information content (AvgIpc) is 3.19. The van der Waals surface area contributed by atoms with Crippen molar-refractivity contribution in [1.29, 1.82) is 0 Å². The normalized spacial score (nSPS) is 23.6. The fraction of sp³-hybridized carbons (Fsp3) is 0.400. The first-order chi connectivity index (χ1) is 13.8. The van der Waals surface area contributed by atoms with Crippen molar-refractivity contribution in [2.45, 2.75) is 32.5 Å². The zero-order valence-corrected chi connectivity index (χ0v) is 16.7. The molecule has 1 saturated heterocycles. The maximum Gasteiger partial charge on any atom is 0.328 e. The van der Waals surface area contributed by atoms with E-state index >= 15 is 0 Å². The molecule has 152 valence electrons. The Bertz CT molecular complexity index is 941. The first kappa shape index (κ1) is 19.0. The Hall–Kier alpha value is -3.36. The summed E-state index contributed by atoms with van der Waals surface area (Å²) in [6.07, 6.45) is 0.195. The molecule has 29 heavy (non-hydrogen) atoms. The average molecular weight is 396 g/mol. The Kier molecular flexibility index (Phi) is 4.52. The van der Waals surface area contributed by atoms with Gasteiger partial charge >= 0.3 is 6.03 Å². The molecule has 0 spiro atoms. The Morgan fingerprint density at radius 1 is 1.10 bits per heavy atom. The fourth-order valence-electron chi connectivity index (χ4n) is 4.14. The molecule has 0 saturated carbocycles. The molecule has 2 unspecified atom stereocenters. The van der Waals surface area contributed by atoms with Crippen LogP contribution < -0.4 is 5.73 Å². The molecule has 9 nitrogen and oxygen atoms in total. The number of allylic oxidation sites excluding steroid dienone is 2.